The molecule has 2 aromatic carbocycles. The summed E-state index contributed by atoms with van der Waals surface area (Å²) in [7, 11) is 4.06. The first-order valence-electron chi connectivity index (χ1n) is 8.62. The van der Waals surface area contributed by atoms with E-state index >= 15 is 0 Å². The summed E-state index contributed by atoms with van der Waals surface area (Å²) in [6.45, 7) is 1.56. The van der Waals surface area contributed by atoms with Crippen LogP contribution in [0.4, 0.5) is 0 Å². The second-order valence-corrected chi connectivity index (χ2v) is 6.82. The smallest absolute Gasteiger partial charge is 0.167 e. The highest BCUT2D eigenvalue weighted by Gasteiger charge is 2.14. The lowest BCUT2D eigenvalue weighted by Crippen LogP contribution is -2.15. The van der Waals surface area contributed by atoms with Gasteiger partial charge in [0.05, 0.1) is 17.6 Å². The van der Waals surface area contributed by atoms with Gasteiger partial charge < -0.3 is 14.2 Å². The summed E-state index contributed by atoms with van der Waals surface area (Å²) in [6.07, 6.45) is 2.68. The predicted molar refractivity (Wildman–Crippen MR) is 108 cm³/mol. The molecule has 5 nitrogen and oxygen atoms in total. The number of ether oxygens (including phenoxy) is 1. The van der Waals surface area contributed by atoms with Gasteiger partial charge in [0.2, 0.25) is 0 Å². The summed E-state index contributed by atoms with van der Waals surface area (Å²) in [5.41, 5.74) is 2.26. The Kier molecular flexibility index (Phi) is 6.12. The highest BCUT2D eigenvalue weighted by atomic mass is 35.5. The van der Waals surface area contributed by atoms with Crippen molar-refractivity contribution in [1.82, 2.24) is 10.1 Å². The van der Waals surface area contributed by atoms with Gasteiger partial charge in [0.25, 0.3) is 0 Å². The van der Waals surface area contributed by atoms with Gasteiger partial charge in [-0.2, -0.15) is 5.26 Å². The van der Waals surface area contributed by atoms with E-state index in [9.17, 15) is 5.26 Å². The quantitative estimate of drug-likeness (QED) is 0.431. The Morgan fingerprint density at radius 3 is 2.89 bits per heavy atom. The van der Waals surface area contributed by atoms with Crippen LogP contribution in [0.25, 0.3) is 22.6 Å². The molecule has 0 N–H and O–H groups in total. The van der Waals surface area contributed by atoms with E-state index in [2.05, 4.69) is 16.1 Å². The summed E-state index contributed by atoms with van der Waals surface area (Å²) in [6, 6.07) is 15.1. The lowest BCUT2D eigenvalue weighted by Gasteiger charge is -2.12. The number of fused-ring (bicyclic) bond motifs is 1. The molecule has 0 aliphatic carbocycles. The number of hydrogen-bond donors (Lipinski definition) is 0. The molecule has 1 aromatic heterocycles. The fourth-order valence-corrected chi connectivity index (χ4v) is 2.88. The fourth-order valence-electron chi connectivity index (χ4n) is 2.71. The van der Waals surface area contributed by atoms with E-state index in [1.807, 2.05) is 38.4 Å². The second kappa shape index (κ2) is 8.72. The van der Waals surface area contributed by atoms with Crippen molar-refractivity contribution < 1.29 is 9.26 Å². The lowest BCUT2D eigenvalue weighted by molar-refractivity contribution is 0.281. The zero-order valence-electron chi connectivity index (χ0n) is 15.3. The SMILES string of the molecule is CN(C)CCCOc1ccccc1/C=C(\C#N)c1noc2ccc(Cl)cc12. The number of rotatable bonds is 7. The largest absolute Gasteiger partial charge is 0.493 e. The van der Waals surface area contributed by atoms with Crippen molar-refractivity contribution in [3.8, 4) is 11.8 Å². The maximum atomic E-state index is 9.67. The molecule has 0 aliphatic rings. The topological polar surface area (TPSA) is 62.3 Å². The van der Waals surface area contributed by atoms with Gasteiger partial charge in [-0.3, -0.25) is 0 Å². The molecule has 1 heterocycles. The molecule has 0 aliphatic heterocycles. The molecule has 0 saturated carbocycles. The number of halogens is 1. The second-order valence-electron chi connectivity index (χ2n) is 6.38. The normalized spacial score (nSPS) is 11.7. The fraction of sp³-hybridized carbons (Fsp3) is 0.238. The Bertz CT molecular complexity index is 1000. The van der Waals surface area contributed by atoms with Gasteiger partial charge in [0.1, 0.15) is 17.5 Å². The number of nitrogens with zero attached hydrogens (tertiary/aromatic N) is 3. The highest BCUT2D eigenvalue weighted by Crippen LogP contribution is 2.30. The third kappa shape index (κ3) is 4.68. The number of benzene rings is 2. The molecule has 0 amide bonds. The van der Waals surface area contributed by atoms with E-state index in [0.717, 1.165) is 24.3 Å². The van der Waals surface area contributed by atoms with Gasteiger partial charge in [0.15, 0.2) is 5.58 Å². The monoisotopic (exact) mass is 381 g/mol. The van der Waals surface area contributed by atoms with Crippen LogP contribution in [0, 0.1) is 11.3 Å². The van der Waals surface area contributed by atoms with E-state index in [1.165, 1.54) is 0 Å². The number of aromatic nitrogens is 1. The molecule has 6 heteroatoms. The third-order valence-corrected chi connectivity index (χ3v) is 4.27. The first kappa shape index (κ1) is 19.0. The maximum Gasteiger partial charge on any atom is 0.167 e. The standard InChI is InChI=1S/C21H20ClN3O2/c1-25(2)10-5-11-26-19-7-4-3-6-15(19)12-16(14-23)21-18-13-17(22)8-9-20(18)27-24-21/h3-4,6-9,12-13H,5,10-11H2,1-2H3/b16-12+. The van der Waals surface area contributed by atoms with Crippen LogP contribution in [-0.2, 0) is 0 Å². The Hall–Kier alpha value is -2.81. The number of allylic oxidation sites excluding steroid dienone is 1. The van der Waals surface area contributed by atoms with Crippen LogP contribution in [0.1, 0.15) is 17.7 Å². The van der Waals surface area contributed by atoms with Crippen molar-refractivity contribution >= 4 is 34.2 Å². The summed E-state index contributed by atoms with van der Waals surface area (Å²) < 4.78 is 11.2. The Balaban J connectivity index is 1.90. The molecule has 3 aromatic rings. The summed E-state index contributed by atoms with van der Waals surface area (Å²) in [5.74, 6) is 0.731. The van der Waals surface area contributed by atoms with E-state index in [1.54, 1.807) is 24.3 Å². The van der Waals surface area contributed by atoms with Gasteiger partial charge >= 0.3 is 0 Å². The molecule has 0 spiro atoms. The average Bonchev–Trinajstić information content (AvgIpc) is 3.07. The molecule has 0 saturated heterocycles. The minimum absolute atomic E-state index is 0.389. The van der Waals surface area contributed by atoms with E-state index in [4.69, 9.17) is 20.9 Å². The molecule has 138 valence electrons. The van der Waals surface area contributed by atoms with Crippen LogP contribution in [0.15, 0.2) is 47.0 Å². The van der Waals surface area contributed by atoms with E-state index < -0.39 is 0 Å². The zero-order chi connectivity index (χ0) is 19.2. The first-order valence-corrected chi connectivity index (χ1v) is 9.00. The highest BCUT2D eigenvalue weighted by molar-refractivity contribution is 6.31. The lowest BCUT2D eigenvalue weighted by atomic mass is 10.1. The van der Waals surface area contributed by atoms with Crippen LogP contribution in [0.5, 0.6) is 5.75 Å². The van der Waals surface area contributed by atoms with E-state index in [-0.39, 0.29) is 0 Å². The predicted octanol–water partition coefficient (Wildman–Crippen LogP) is 4.88. The number of para-hydroxylation sites is 1. The number of nitriles is 1. The van der Waals surface area contributed by atoms with Crippen molar-refractivity contribution in [2.45, 2.75) is 6.42 Å². The Labute approximate surface area is 163 Å². The van der Waals surface area contributed by atoms with Gasteiger partial charge in [-0.1, -0.05) is 35.0 Å². The molecule has 0 bridgehead atoms. The molecule has 0 fully saturated rings. The van der Waals surface area contributed by atoms with Crippen LogP contribution >= 0.6 is 11.6 Å². The van der Waals surface area contributed by atoms with Gasteiger partial charge in [-0.05, 0) is 50.9 Å². The van der Waals surface area contributed by atoms with Gasteiger partial charge in [-0.15, -0.1) is 0 Å². The van der Waals surface area contributed by atoms with Crippen molar-refractivity contribution in [2.24, 2.45) is 0 Å². The minimum atomic E-state index is 0.389. The summed E-state index contributed by atoms with van der Waals surface area (Å²) in [5, 5.41) is 15.0. The third-order valence-electron chi connectivity index (χ3n) is 4.03. The van der Waals surface area contributed by atoms with Crippen molar-refractivity contribution in [3.05, 3.63) is 58.7 Å². The molecule has 0 radical (unpaired) electrons. The molecule has 27 heavy (non-hydrogen) atoms. The minimum Gasteiger partial charge on any atom is -0.493 e. The molecule has 0 atom stereocenters. The van der Waals surface area contributed by atoms with Crippen molar-refractivity contribution in [3.63, 3.8) is 0 Å². The first-order chi connectivity index (χ1) is 13.1. The summed E-state index contributed by atoms with van der Waals surface area (Å²) in [4.78, 5) is 2.11. The van der Waals surface area contributed by atoms with Crippen molar-refractivity contribution in [1.29, 1.82) is 5.26 Å². The Morgan fingerprint density at radius 1 is 1.30 bits per heavy atom. The molecule has 3 rings (SSSR count). The van der Waals surface area contributed by atoms with Crippen LogP contribution < -0.4 is 4.74 Å². The van der Waals surface area contributed by atoms with Gasteiger partial charge in [-0.25, -0.2) is 0 Å². The van der Waals surface area contributed by atoms with E-state index in [0.29, 0.717) is 33.9 Å². The van der Waals surface area contributed by atoms with Gasteiger partial charge in [0, 0.05) is 17.1 Å². The molecule has 0 unspecified atom stereocenters. The molecular formula is C21H20ClN3O2. The van der Waals surface area contributed by atoms with Crippen LogP contribution in [-0.4, -0.2) is 37.3 Å². The average molecular weight is 382 g/mol. The molecular weight excluding hydrogens is 362 g/mol. The van der Waals surface area contributed by atoms with Crippen LogP contribution in [0.2, 0.25) is 5.02 Å². The van der Waals surface area contributed by atoms with Crippen molar-refractivity contribution in [2.75, 3.05) is 27.2 Å². The zero-order valence-corrected chi connectivity index (χ0v) is 16.0. The number of hydrogen-bond acceptors (Lipinski definition) is 5. The maximum absolute atomic E-state index is 9.67. The van der Waals surface area contributed by atoms with Crippen LogP contribution in [0.3, 0.4) is 0 Å². The summed E-state index contributed by atoms with van der Waals surface area (Å²) >= 11 is 6.08. The Morgan fingerprint density at radius 2 is 2.11 bits per heavy atom.